The quantitative estimate of drug-likeness (QED) is 0.747. The van der Waals surface area contributed by atoms with Crippen molar-refractivity contribution < 1.29 is 17.9 Å². The average Bonchev–Trinajstić information content (AvgIpc) is 2.41. The van der Waals surface area contributed by atoms with Crippen molar-refractivity contribution in [1.29, 1.82) is 0 Å². The number of sulfonamides is 1. The first-order valence-corrected chi connectivity index (χ1v) is 8.20. The van der Waals surface area contributed by atoms with Crippen LogP contribution in [0.1, 0.15) is 18.9 Å². The molecular weight excluding hydrogens is 302 g/mol. The number of hydrogen-bond donors (Lipinski definition) is 1. The highest BCUT2D eigenvalue weighted by Gasteiger charge is 2.20. The molecular formula is C13H20ClNO4S. The van der Waals surface area contributed by atoms with Crippen LogP contribution in [0, 0.1) is 6.92 Å². The molecule has 0 radical (unpaired) electrons. The van der Waals surface area contributed by atoms with Crippen molar-refractivity contribution in [3.05, 3.63) is 22.7 Å². The van der Waals surface area contributed by atoms with Gasteiger partial charge in [0, 0.05) is 24.8 Å². The van der Waals surface area contributed by atoms with Crippen LogP contribution in [0.15, 0.2) is 17.0 Å². The highest BCUT2D eigenvalue weighted by atomic mass is 35.5. The lowest BCUT2D eigenvalue weighted by molar-refractivity contribution is 0.146. The molecule has 0 heterocycles. The number of aryl methyl sites for hydroxylation is 1. The molecule has 114 valence electrons. The number of benzene rings is 1. The zero-order valence-corrected chi connectivity index (χ0v) is 13.5. The zero-order valence-electron chi connectivity index (χ0n) is 11.9. The van der Waals surface area contributed by atoms with Crippen molar-refractivity contribution in [3.63, 3.8) is 0 Å². The van der Waals surface area contributed by atoms with Crippen molar-refractivity contribution >= 4 is 21.6 Å². The Hall–Kier alpha value is -0.820. The van der Waals surface area contributed by atoms with Gasteiger partial charge in [-0.1, -0.05) is 11.6 Å². The molecule has 0 aliphatic carbocycles. The number of ether oxygens (including phenoxy) is 2. The predicted octanol–water partition coefficient (Wildman–Crippen LogP) is 2.36. The first-order chi connectivity index (χ1) is 9.42. The van der Waals surface area contributed by atoms with Gasteiger partial charge in [0.25, 0.3) is 0 Å². The largest absolute Gasteiger partial charge is 0.495 e. The number of nitrogens with one attached hydrogen (secondary N) is 1. The molecule has 0 amide bonds. The molecule has 1 N–H and O–H groups in total. The lowest BCUT2D eigenvalue weighted by Crippen LogP contribution is -2.26. The van der Waals surface area contributed by atoms with E-state index in [2.05, 4.69) is 4.72 Å². The molecule has 1 aromatic carbocycles. The lowest BCUT2D eigenvalue weighted by Gasteiger charge is -2.12. The van der Waals surface area contributed by atoms with Gasteiger partial charge in [-0.25, -0.2) is 13.1 Å². The van der Waals surface area contributed by atoms with Crippen LogP contribution < -0.4 is 9.46 Å². The van der Waals surface area contributed by atoms with E-state index in [1.165, 1.54) is 13.2 Å². The summed E-state index contributed by atoms with van der Waals surface area (Å²) in [5, 5.41) is 0.389. The zero-order chi connectivity index (χ0) is 15.2. The third-order valence-electron chi connectivity index (χ3n) is 2.70. The topological polar surface area (TPSA) is 64.6 Å². The molecule has 0 bridgehead atoms. The normalized spacial score (nSPS) is 11.6. The summed E-state index contributed by atoms with van der Waals surface area (Å²) in [6.45, 7) is 5.12. The molecule has 0 aliphatic rings. The summed E-state index contributed by atoms with van der Waals surface area (Å²) in [5.74, 6) is 0.282. The van der Waals surface area contributed by atoms with E-state index in [1.54, 1.807) is 13.0 Å². The van der Waals surface area contributed by atoms with E-state index < -0.39 is 10.0 Å². The van der Waals surface area contributed by atoms with Crippen LogP contribution in [-0.2, 0) is 14.8 Å². The van der Waals surface area contributed by atoms with Crippen LogP contribution in [0.25, 0.3) is 0 Å². The molecule has 0 aromatic heterocycles. The number of hydrogen-bond acceptors (Lipinski definition) is 4. The highest BCUT2D eigenvalue weighted by molar-refractivity contribution is 7.89. The van der Waals surface area contributed by atoms with E-state index in [0.717, 1.165) is 5.56 Å². The van der Waals surface area contributed by atoms with Crippen molar-refractivity contribution in [2.45, 2.75) is 25.2 Å². The maximum absolute atomic E-state index is 12.2. The third kappa shape index (κ3) is 4.63. The Kier molecular flexibility index (Phi) is 6.75. The molecule has 7 heteroatoms. The first kappa shape index (κ1) is 17.2. The number of methoxy groups -OCH3 is 1. The standard InChI is InChI=1S/C13H20ClNO4S/c1-4-19-7-5-6-15-20(16,17)13-9-11(14)10(2)8-12(13)18-3/h8-9,15H,4-7H2,1-3H3. The average molecular weight is 322 g/mol. The Bertz CT molecular complexity index is 546. The van der Waals surface area contributed by atoms with Gasteiger partial charge in [-0.2, -0.15) is 0 Å². The number of rotatable bonds is 8. The van der Waals surface area contributed by atoms with E-state index in [9.17, 15) is 8.42 Å². The fraction of sp³-hybridized carbons (Fsp3) is 0.538. The molecule has 5 nitrogen and oxygen atoms in total. The van der Waals surface area contributed by atoms with E-state index in [1.807, 2.05) is 6.92 Å². The number of halogens is 1. The summed E-state index contributed by atoms with van der Waals surface area (Å²) in [6.07, 6.45) is 0.606. The molecule has 0 aliphatic heterocycles. The summed E-state index contributed by atoms with van der Waals surface area (Å²) in [7, 11) is -2.22. The Balaban J connectivity index is 2.84. The fourth-order valence-electron chi connectivity index (χ4n) is 1.61. The summed E-state index contributed by atoms with van der Waals surface area (Å²) in [6, 6.07) is 3.01. The Morgan fingerprint density at radius 2 is 2.05 bits per heavy atom. The van der Waals surface area contributed by atoms with Gasteiger partial charge >= 0.3 is 0 Å². The van der Waals surface area contributed by atoms with Gasteiger partial charge in [0.2, 0.25) is 10.0 Å². The predicted molar refractivity (Wildman–Crippen MR) is 79.0 cm³/mol. The van der Waals surface area contributed by atoms with Crippen LogP contribution >= 0.6 is 11.6 Å². The monoisotopic (exact) mass is 321 g/mol. The van der Waals surface area contributed by atoms with Crippen molar-refractivity contribution in [3.8, 4) is 5.75 Å². The molecule has 0 spiro atoms. The minimum absolute atomic E-state index is 0.0482. The van der Waals surface area contributed by atoms with Gasteiger partial charge in [0.05, 0.1) is 7.11 Å². The van der Waals surface area contributed by atoms with E-state index in [0.29, 0.717) is 31.2 Å². The first-order valence-electron chi connectivity index (χ1n) is 6.34. The lowest BCUT2D eigenvalue weighted by atomic mass is 10.2. The summed E-state index contributed by atoms with van der Waals surface area (Å²) < 4.78 is 37.2. The van der Waals surface area contributed by atoms with Crippen LogP contribution in [0.3, 0.4) is 0 Å². The molecule has 0 saturated heterocycles. The molecule has 0 saturated carbocycles. The van der Waals surface area contributed by atoms with Crippen LogP contribution in [-0.4, -0.2) is 35.3 Å². The van der Waals surface area contributed by atoms with E-state index >= 15 is 0 Å². The molecule has 1 aromatic rings. The minimum atomic E-state index is -3.64. The Morgan fingerprint density at radius 1 is 1.35 bits per heavy atom. The molecule has 0 unspecified atom stereocenters. The van der Waals surface area contributed by atoms with Gasteiger partial charge in [-0.15, -0.1) is 0 Å². The van der Waals surface area contributed by atoms with Gasteiger partial charge in [-0.3, -0.25) is 0 Å². The van der Waals surface area contributed by atoms with Crippen molar-refractivity contribution in [2.24, 2.45) is 0 Å². The molecule has 0 fully saturated rings. The van der Waals surface area contributed by atoms with Crippen LogP contribution in [0.4, 0.5) is 0 Å². The summed E-state index contributed by atoms with van der Waals surface area (Å²) in [4.78, 5) is 0.0482. The summed E-state index contributed by atoms with van der Waals surface area (Å²) >= 11 is 5.98. The maximum atomic E-state index is 12.2. The van der Waals surface area contributed by atoms with Crippen molar-refractivity contribution in [1.82, 2.24) is 4.72 Å². The smallest absolute Gasteiger partial charge is 0.244 e. The van der Waals surface area contributed by atoms with E-state index in [-0.39, 0.29) is 10.6 Å². The SMILES string of the molecule is CCOCCCNS(=O)(=O)c1cc(Cl)c(C)cc1OC. The van der Waals surface area contributed by atoms with Gasteiger partial charge in [0.1, 0.15) is 10.6 Å². The second kappa shape index (κ2) is 7.83. The molecule has 0 atom stereocenters. The second-order valence-electron chi connectivity index (χ2n) is 4.20. The Labute approximate surface area is 125 Å². The molecule has 20 heavy (non-hydrogen) atoms. The van der Waals surface area contributed by atoms with Gasteiger partial charge in [0.15, 0.2) is 0 Å². The van der Waals surface area contributed by atoms with Crippen molar-refractivity contribution in [2.75, 3.05) is 26.9 Å². The third-order valence-corrected chi connectivity index (χ3v) is 4.59. The van der Waals surface area contributed by atoms with Gasteiger partial charge < -0.3 is 9.47 Å². The fourth-order valence-corrected chi connectivity index (χ4v) is 3.09. The van der Waals surface area contributed by atoms with Gasteiger partial charge in [-0.05, 0) is 38.0 Å². The summed E-state index contributed by atoms with van der Waals surface area (Å²) in [5.41, 5.74) is 0.763. The van der Waals surface area contributed by atoms with Crippen LogP contribution in [0.2, 0.25) is 5.02 Å². The minimum Gasteiger partial charge on any atom is -0.495 e. The molecule has 1 rings (SSSR count). The highest BCUT2D eigenvalue weighted by Crippen LogP contribution is 2.29. The van der Waals surface area contributed by atoms with E-state index in [4.69, 9.17) is 21.1 Å². The Morgan fingerprint density at radius 3 is 2.65 bits per heavy atom. The van der Waals surface area contributed by atoms with Crippen LogP contribution in [0.5, 0.6) is 5.75 Å². The maximum Gasteiger partial charge on any atom is 0.244 e. The second-order valence-corrected chi connectivity index (χ2v) is 6.34.